The molecule has 2 amide bonds. The van der Waals surface area contributed by atoms with Gasteiger partial charge in [0.2, 0.25) is 11.8 Å². The normalized spacial score (nSPS) is 13.4. The second kappa shape index (κ2) is 15.9. The molecule has 0 bridgehead atoms. The van der Waals surface area contributed by atoms with Crippen molar-refractivity contribution in [3.63, 3.8) is 0 Å². The summed E-state index contributed by atoms with van der Waals surface area (Å²) in [6, 6.07) is 0.0520. The van der Waals surface area contributed by atoms with E-state index < -0.39 is 0 Å². The van der Waals surface area contributed by atoms with E-state index in [1.165, 1.54) is 0 Å². The summed E-state index contributed by atoms with van der Waals surface area (Å²) in [5.74, 6) is -0.420. The number of hydrogen-bond acceptors (Lipinski definition) is 6. The number of primary amides is 2. The van der Waals surface area contributed by atoms with Gasteiger partial charge in [0.05, 0.1) is 12.1 Å². The monoisotopic (exact) mass is 442 g/mol. The van der Waals surface area contributed by atoms with Gasteiger partial charge in [0.15, 0.2) is 11.6 Å². The first-order chi connectivity index (χ1) is 14.1. The maximum atomic E-state index is 12.0. The van der Waals surface area contributed by atoms with E-state index in [9.17, 15) is 19.2 Å². The zero-order valence-electron chi connectivity index (χ0n) is 21.0. The number of nitrogens with one attached hydrogen (secondary N) is 1. The van der Waals surface area contributed by atoms with Crippen molar-refractivity contribution in [2.45, 2.75) is 105 Å². The maximum absolute atomic E-state index is 12.0. The molecule has 0 heterocycles. The molecule has 0 aromatic heterocycles. The Hall–Kier alpha value is -1.80. The largest absolute Gasteiger partial charge is 0.370 e. The van der Waals surface area contributed by atoms with Crippen LogP contribution < -0.4 is 16.8 Å². The predicted octanol–water partition coefficient (Wildman–Crippen LogP) is 2.03. The van der Waals surface area contributed by atoms with Crippen LogP contribution in [0.4, 0.5) is 0 Å². The molecule has 8 heteroatoms. The lowest BCUT2D eigenvalue weighted by atomic mass is 9.96. The van der Waals surface area contributed by atoms with Crippen LogP contribution in [-0.4, -0.2) is 59.5 Å². The highest BCUT2D eigenvalue weighted by atomic mass is 16.2. The van der Waals surface area contributed by atoms with E-state index in [2.05, 4.69) is 5.32 Å². The van der Waals surface area contributed by atoms with Crippen molar-refractivity contribution in [2.24, 2.45) is 23.3 Å². The molecular formula is C23H46N4O4. The minimum atomic E-state index is -0.359. The van der Waals surface area contributed by atoms with Gasteiger partial charge in [-0.1, -0.05) is 41.5 Å². The van der Waals surface area contributed by atoms with Gasteiger partial charge in [-0.05, 0) is 33.7 Å². The minimum Gasteiger partial charge on any atom is -0.370 e. The van der Waals surface area contributed by atoms with E-state index in [0.29, 0.717) is 12.8 Å². The van der Waals surface area contributed by atoms with Gasteiger partial charge in [0.1, 0.15) is 0 Å². The molecule has 0 fully saturated rings. The van der Waals surface area contributed by atoms with E-state index in [-0.39, 0.29) is 72.2 Å². The number of nitrogens with zero attached hydrogens (tertiary/aromatic N) is 1. The van der Waals surface area contributed by atoms with Crippen molar-refractivity contribution in [3.8, 4) is 0 Å². The van der Waals surface area contributed by atoms with Gasteiger partial charge < -0.3 is 16.8 Å². The van der Waals surface area contributed by atoms with Gasteiger partial charge in [-0.2, -0.15) is 0 Å². The number of nitrogens with two attached hydrogens (primary N) is 2. The smallest absolute Gasteiger partial charge is 0.217 e. The Bertz CT molecular complexity index is 574. The molecule has 0 spiro atoms. The van der Waals surface area contributed by atoms with Gasteiger partial charge in [0.25, 0.3) is 0 Å². The average Bonchev–Trinajstić information content (AvgIpc) is 2.63. The fraction of sp³-hybridized carbons (Fsp3) is 0.826. The number of likely N-dealkylation sites (N-methyl/N-ethyl adjacent to an activating group) is 1. The first-order valence-electron chi connectivity index (χ1n) is 11.2. The Balaban J connectivity index is 0. The fourth-order valence-corrected chi connectivity index (χ4v) is 2.97. The van der Waals surface area contributed by atoms with E-state index in [4.69, 9.17) is 11.5 Å². The molecule has 0 rings (SSSR count). The molecule has 0 unspecified atom stereocenters. The maximum Gasteiger partial charge on any atom is 0.217 e. The van der Waals surface area contributed by atoms with Crippen LogP contribution in [0.3, 0.4) is 0 Å². The van der Waals surface area contributed by atoms with Gasteiger partial charge in [-0.15, -0.1) is 0 Å². The summed E-state index contributed by atoms with van der Waals surface area (Å²) in [5.41, 5.74) is 10.2. The summed E-state index contributed by atoms with van der Waals surface area (Å²) in [6.45, 7) is 15.5. The predicted molar refractivity (Wildman–Crippen MR) is 125 cm³/mol. The quantitative estimate of drug-likeness (QED) is 0.377. The van der Waals surface area contributed by atoms with Crippen molar-refractivity contribution < 1.29 is 19.2 Å². The van der Waals surface area contributed by atoms with Crippen LogP contribution in [0.15, 0.2) is 0 Å². The van der Waals surface area contributed by atoms with Crippen molar-refractivity contribution >= 4 is 23.4 Å². The van der Waals surface area contributed by atoms with Crippen LogP contribution in [0.2, 0.25) is 0 Å². The SMILES string of the molecule is CC(C)C(=O)[C@H](CCC(N)=O)N(C)C(C)C.CC(C)N[C@@H](CCC(N)=O)C(=O)C(C)C. The van der Waals surface area contributed by atoms with Crippen LogP contribution >= 0.6 is 0 Å². The Morgan fingerprint density at radius 1 is 0.742 bits per heavy atom. The summed E-state index contributed by atoms with van der Waals surface area (Å²) in [7, 11) is 1.91. The Morgan fingerprint density at radius 2 is 1.16 bits per heavy atom. The van der Waals surface area contributed by atoms with Crippen LogP contribution in [0.5, 0.6) is 0 Å². The van der Waals surface area contributed by atoms with Crippen LogP contribution in [-0.2, 0) is 19.2 Å². The lowest BCUT2D eigenvalue weighted by Gasteiger charge is -2.31. The summed E-state index contributed by atoms with van der Waals surface area (Å²) < 4.78 is 0. The lowest BCUT2D eigenvalue weighted by molar-refractivity contribution is -0.128. The molecule has 5 N–H and O–H groups in total. The van der Waals surface area contributed by atoms with Gasteiger partial charge in [-0.25, -0.2) is 0 Å². The van der Waals surface area contributed by atoms with E-state index in [1.807, 2.05) is 67.3 Å². The first kappa shape index (κ1) is 31.4. The van der Waals surface area contributed by atoms with Crippen LogP contribution in [0, 0.1) is 11.8 Å². The molecule has 182 valence electrons. The van der Waals surface area contributed by atoms with Crippen molar-refractivity contribution in [3.05, 3.63) is 0 Å². The van der Waals surface area contributed by atoms with Crippen LogP contribution in [0.1, 0.15) is 81.1 Å². The molecule has 0 aliphatic rings. The second-order valence-corrected chi connectivity index (χ2v) is 9.27. The number of rotatable bonds is 14. The molecule has 0 aromatic carbocycles. The number of hydrogen-bond donors (Lipinski definition) is 3. The topological polar surface area (TPSA) is 136 Å². The van der Waals surface area contributed by atoms with Crippen molar-refractivity contribution in [1.29, 1.82) is 0 Å². The number of amides is 2. The molecule has 2 atom stereocenters. The fourth-order valence-electron chi connectivity index (χ4n) is 2.97. The summed E-state index contributed by atoms with van der Waals surface area (Å²) in [6.07, 6.45) is 1.52. The number of Topliss-reactive ketones (excluding diaryl/α,β-unsaturated/α-hetero) is 2. The highest BCUT2D eigenvalue weighted by Crippen LogP contribution is 2.14. The molecule has 8 nitrogen and oxygen atoms in total. The highest BCUT2D eigenvalue weighted by molar-refractivity contribution is 5.87. The van der Waals surface area contributed by atoms with Gasteiger partial charge in [0, 0.05) is 36.8 Å². The van der Waals surface area contributed by atoms with E-state index in [1.54, 1.807) is 0 Å². The number of carbonyl (C=O) groups is 4. The van der Waals surface area contributed by atoms with E-state index in [0.717, 1.165) is 0 Å². The zero-order valence-corrected chi connectivity index (χ0v) is 21.0. The highest BCUT2D eigenvalue weighted by Gasteiger charge is 2.27. The third-order valence-corrected chi connectivity index (χ3v) is 4.99. The van der Waals surface area contributed by atoms with E-state index >= 15 is 0 Å². The summed E-state index contributed by atoms with van der Waals surface area (Å²) in [5, 5.41) is 3.16. The van der Waals surface area contributed by atoms with Crippen molar-refractivity contribution in [2.75, 3.05) is 7.05 Å². The molecule has 0 radical (unpaired) electrons. The van der Waals surface area contributed by atoms with Gasteiger partial charge in [-0.3, -0.25) is 24.1 Å². The number of carbonyl (C=O) groups excluding carboxylic acids is 4. The molecule has 0 aromatic rings. The third kappa shape index (κ3) is 14.8. The molecule has 0 saturated carbocycles. The summed E-state index contributed by atoms with van der Waals surface area (Å²) in [4.78, 5) is 47.2. The molecule has 31 heavy (non-hydrogen) atoms. The standard InChI is InChI=1S/C12H24N2O2.C11H22N2O2/c1-8(2)12(16)10(6-7-11(13)15)14(5)9(3)4;1-7(2)11(15)9(13-8(3)4)5-6-10(12)14/h8-10H,6-7H2,1-5H3,(H2,13,15);7-9,13H,5-6H2,1-4H3,(H2,12,14)/t10-;9-/m00/s1. The second-order valence-electron chi connectivity index (χ2n) is 9.27. The average molecular weight is 443 g/mol. The van der Waals surface area contributed by atoms with Gasteiger partial charge >= 0.3 is 0 Å². The Morgan fingerprint density at radius 3 is 1.48 bits per heavy atom. The molecule has 0 saturated heterocycles. The Kier molecular flexibility index (Phi) is 16.1. The Labute approximate surface area is 188 Å². The zero-order chi connectivity index (χ0) is 24.9. The van der Waals surface area contributed by atoms with Crippen LogP contribution in [0.25, 0.3) is 0 Å². The molecule has 0 aliphatic carbocycles. The molecular weight excluding hydrogens is 396 g/mol. The third-order valence-electron chi connectivity index (χ3n) is 4.99. The number of ketones is 2. The first-order valence-corrected chi connectivity index (χ1v) is 11.2. The minimum absolute atomic E-state index is 0.0147. The van der Waals surface area contributed by atoms with Crippen molar-refractivity contribution in [1.82, 2.24) is 10.2 Å². The lowest BCUT2D eigenvalue weighted by Crippen LogP contribution is -2.44. The molecule has 0 aliphatic heterocycles. The summed E-state index contributed by atoms with van der Waals surface area (Å²) >= 11 is 0.